The maximum Gasteiger partial charge on any atom is 0.247 e. The molecule has 0 unspecified atom stereocenters. The van der Waals surface area contributed by atoms with Crippen LogP contribution in [0, 0.1) is 0 Å². The van der Waals surface area contributed by atoms with Crippen molar-refractivity contribution in [2.24, 2.45) is 5.10 Å². The lowest BCUT2D eigenvalue weighted by molar-refractivity contribution is -0.130. The van der Waals surface area contributed by atoms with E-state index in [1.54, 1.807) is 20.3 Å². The molecule has 3 aromatic carbocycles. The van der Waals surface area contributed by atoms with Crippen LogP contribution in [0.3, 0.4) is 0 Å². The Labute approximate surface area is 199 Å². The molecule has 0 spiro atoms. The number of benzene rings is 3. The van der Waals surface area contributed by atoms with Gasteiger partial charge < -0.3 is 14.8 Å². The number of ether oxygens (including phenoxy) is 2. The number of hydrogen-bond donors (Lipinski definition) is 1. The Morgan fingerprint density at radius 1 is 0.882 bits per heavy atom. The molecule has 0 saturated carbocycles. The van der Waals surface area contributed by atoms with Gasteiger partial charge in [0.25, 0.3) is 0 Å². The Kier molecular flexibility index (Phi) is 7.22. The molecule has 34 heavy (non-hydrogen) atoms. The lowest BCUT2D eigenvalue weighted by atomic mass is 10.1. The molecule has 3 aromatic rings. The fraction of sp³-hybridized carbons (Fsp3) is 0.222. The van der Waals surface area contributed by atoms with Gasteiger partial charge in [0.1, 0.15) is 0 Å². The highest BCUT2D eigenvalue weighted by Gasteiger charge is 2.22. The molecule has 4 rings (SSSR count). The predicted molar refractivity (Wildman–Crippen MR) is 131 cm³/mol. The van der Waals surface area contributed by atoms with Gasteiger partial charge in [-0.3, -0.25) is 9.59 Å². The zero-order valence-corrected chi connectivity index (χ0v) is 19.3. The SMILES string of the molecule is COc1ccc(CC(=O)N2CCC(c3ccc(NC(=O)Cc4ccccc4)cc3)=N2)cc1OC. The van der Waals surface area contributed by atoms with Gasteiger partial charge in [0.15, 0.2) is 11.5 Å². The van der Waals surface area contributed by atoms with Crippen LogP contribution in [0.2, 0.25) is 0 Å². The van der Waals surface area contributed by atoms with Crippen molar-refractivity contribution >= 4 is 23.2 Å². The molecule has 0 saturated heterocycles. The molecular weight excluding hydrogens is 430 g/mol. The number of hydrazone groups is 1. The predicted octanol–water partition coefficient (Wildman–Crippen LogP) is 4.06. The van der Waals surface area contributed by atoms with Crippen LogP contribution in [-0.4, -0.2) is 43.3 Å². The number of anilines is 1. The van der Waals surface area contributed by atoms with Crippen LogP contribution in [0.4, 0.5) is 5.69 Å². The first-order valence-electron chi connectivity index (χ1n) is 11.1. The maximum absolute atomic E-state index is 12.8. The average Bonchev–Trinajstić information content (AvgIpc) is 3.35. The Bertz CT molecular complexity index is 1190. The number of carbonyl (C=O) groups excluding carboxylic acids is 2. The quantitative estimate of drug-likeness (QED) is 0.553. The van der Waals surface area contributed by atoms with Crippen LogP contribution in [-0.2, 0) is 22.4 Å². The lowest BCUT2D eigenvalue weighted by Crippen LogP contribution is -2.25. The van der Waals surface area contributed by atoms with Crippen LogP contribution in [0.15, 0.2) is 77.9 Å². The highest BCUT2D eigenvalue weighted by molar-refractivity contribution is 6.03. The summed E-state index contributed by atoms with van der Waals surface area (Å²) >= 11 is 0. The maximum atomic E-state index is 12.8. The second-order valence-electron chi connectivity index (χ2n) is 7.97. The zero-order chi connectivity index (χ0) is 23.9. The first-order valence-corrected chi connectivity index (χ1v) is 11.1. The second-order valence-corrected chi connectivity index (χ2v) is 7.97. The molecule has 0 aromatic heterocycles. The summed E-state index contributed by atoms with van der Waals surface area (Å²) < 4.78 is 10.6. The van der Waals surface area contributed by atoms with E-state index in [-0.39, 0.29) is 18.2 Å². The minimum absolute atomic E-state index is 0.0657. The van der Waals surface area contributed by atoms with Gasteiger partial charge in [-0.15, -0.1) is 0 Å². The Morgan fingerprint density at radius 3 is 2.32 bits per heavy atom. The van der Waals surface area contributed by atoms with E-state index < -0.39 is 0 Å². The number of nitrogens with zero attached hydrogens (tertiary/aromatic N) is 2. The summed E-state index contributed by atoms with van der Waals surface area (Å²) in [6.07, 6.45) is 1.23. The van der Waals surface area contributed by atoms with Crippen LogP contribution in [0.25, 0.3) is 0 Å². The molecule has 7 nitrogen and oxygen atoms in total. The summed E-state index contributed by atoms with van der Waals surface area (Å²) in [6.45, 7) is 0.539. The van der Waals surface area contributed by atoms with Crippen LogP contribution in [0.5, 0.6) is 11.5 Å². The van der Waals surface area contributed by atoms with Crippen molar-refractivity contribution in [3.63, 3.8) is 0 Å². The number of amides is 2. The van der Waals surface area contributed by atoms with Gasteiger partial charge in [0.2, 0.25) is 11.8 Å². The van der Waals surface area contributed by atoms with Crippen molar-refractivity contribution in [3.05, 3.63) is 89.5 Å². The molecule has 1 aliphatic heterocycles. The first-order chi connectivity index (χ1) is 16.6. The fourth-order valence-electron chi connectivity index (χ4n) is 3.83. The molecule has 0 aliphatic carbocycles. The summed E-state index contributed by atoms with van der Waals surface area (Å²) in [5.41, 5.74) is 4.31. The van der Waals surface area contributed by atoms with Crippen LogP contribution >= 0.6 is 0 Å². The normalized spacial score (nSPS) is 12.8. The smallest absolute Gasteiger partial charge is 0.247 e. The van der Waals surface area contributed by atoms with E-state index in [4.69, 9.17) is 9.47 Å². The third-order valence-electron chi connectivity index (χ3n) is 5.60. The molecule has 0 radical (unpaired) electrons. The van der Waals surface area contributed by atoms with Crippen LogP contribution < -0.4 is 14.8 Å². The molecule has 1 heterocycles. The zero-order valence-electron chi connectivity index (χ0n) is 19.3. The van der Waals surface area contributed by atoms with Gasteiger partial charge in [-0.05, 0) is 41.0 Å². The topological polar surface area (TPSA) is 80.2 Å². The summed E-state index contributed by atoms with van der Waals surface area (Å²) in [7, 11) is 3.15. The van der Waals surface area contributed by atoms with Crippen molar-refractivity contribution in [1.29, 1.82) is 0 Å². The van der Waals surface area contributed by atoms with Crippen molar-refractivity contribution in [3.8, 4) is 11.5 Å². The molecular formula is C27H27N3O4. The highest BCUT2D eigenvalue weighted by Crippen LogP contribution is 2.28. The number of rotatable bonds is 8. The van der Waals surface area contributed by atoms with Gasteiger partial charge in [-0.25, -0.2) is 5.01 Å². The van der Waals surface area contributed by atoms with Crippen molar-refractivity contribution in [2.45, 2.75) is 19.3 Å². The monoisotopic (exact) mass is 457 g/mol. The molecule has 0 bridgehead atoms. The minimum atomic E-state index is -0.0768. The van der Waals surface area contributed by atoms with Gasteiger partial charge in [-0.1, -0.05) is 48.5 Å². The molecule has 0 atom stereocenters. The van der Waals surface area contributed by atoms with E-state index >= 15 is 0 Å². The molecule has 7 heteroatoms. The van der Waals surface area contributed by atoms with E-state index in [1.807, 2.05) is 66.7 Å². The molecule has 0 fully saturated rings. The Morgan fingerprint density at radius 2 is 1.62 bits per heavy atom. The number of hydrogen-bond acceptors (Lipinski definition) is 5. The van der Waals surface area contributed by atoms with Crippen LogP contribution in [0.1, 0.15) is 23.1 Å². The van der Waals surface area contributed by atoms with Gasteiger partial charge in [0, 0.05) is 12.1 Å². The van der Waals surface area contributed by atoms with E-state index in [2.05, 4.69) is 10.4 Å². The summed E-state index contributed by atoms with van der Waals surface area (Å²) in [6, 6.07) is 22.6. The minimum Gasteiger partial charge on any atom is -0.493 e. The van der Waals surface area contributed by atoms with Gasteiger partial charge in [0.05, 0.1) is 39.3 Å². The summed E-state index contributed by atoms with van der Waals surface area (Å²) in [4.78, 5) is 25.0. The molecule has 174 valence electrons. The standard InChI is InChI=1S/C27H27N3O4/c1-33-24-13-8-20(16-25(24)34-2)18-27(32)30-15-14-23(29-30)21-9-11-22(12-10-21)28-26(31)17-19-6-4-3-5-7-19/h3-13,16H,14-15,17-18H2,1-2H3,(H,28,31). The van der Waals surface area contributed by atoms with Crippen molar-refractivity contribution in [1.82, 2.24) is 5.01 Å². The second kappa shape index (κ2) is 10.7. The van der Waals surface area contributed by atoms with E-state index in [0.29, 0.717) is 30.9 Å². The van der Waals surface area contributed by atoms with E-state index in [0.717, 1.165) is 28.1 Å². The number of carbonyl (C=O) groups is 2. The summed E-state index contributed by atoms with van der Waals surface area (Å²) in [5, 5.41) is 8.97. The van der Waals surface area contributed by atoms with Crippen molar-refractivity contribution in [2.75, 3.05) is 26.1 Å². The largest absolute Gasteiger partial charge is 0.493 e. The van der Waals surface area contributed by atoms with Gasteiger partial charge >= 0.3 is 0 Å². The fourth-order valence-corrected chi connectivity index (χ4v) is 3.83. The highest BCUT2D eigenvalue weighted by atomic mass is 16.5. The Hall–Kier alpha value is -4.13. The molecule has 1 aliphatic rings. The lowest BCUT2D eigenvalue weighted by Gasteiger charge is -2.13. The Balaban J connectivity index is 1.35. The van der Waals surface area contributed by atoms with Crippen molar-refractivity contribution < 1.29 is 19.1 Å². The molecule has 2 amide bonds. The van der Waals surface area contributed by atoms with E-state index in [1.165, 1.54) is 5.01 Å². The molecule has 1 N–H and O–H groups in total. The summed E-state index contributed by atoms with van der Waals surface area (Å²) in [5.74, 6) is 1.07. The first kappa shape index (κ1) is 23.0. The third-order valence-corrected chi connectivity index (χ3v) is 5.60. The van der Waals surface area contributed by atoms with Gasteiger partial charge in [-0.2, -0.15) is 5.10 Å². The number of methoxy groups -OCH3 is 2. The van der Waals surface area contributed by atoms with E-state index in [9.17, 15) is 9.59 Å². The number of nitrogens with one attached hydrogen (secondary N) is 1. The average molecular weight is 458 g/mol. The third kappa shape index (κ3) is 5.61.